The first-order valence-corrected chi connectivity index (χ1v) is 20.4. The first kappa shape index (κ1) is 40.5. The topological polar surface area (TPSA) is 163 Å². The molecule has 2 fully saturated rings. The average molecular weight is 790 g/mol. The Kier molecular flexibility index (Phi) is 11.6. The highest BCUT2D eigenvalue weighted by atomic mass is 16.5. The molecule has 13 heteroatoms. The molecule has 2 saturated heterocycles. The molecular formula is C45H55N7O6. The zero-order chi connectivity index (χ0) is 41.4. The predicted octanol–water partition coefficient (Wildman–Crippen LogP) is 7.81. The largest absolute Gasteiger partial charge is 0.469 e. The Hall–Kier alpha value is -5.72. The number of hydrogen-bond donors (Lipinski definition) is 3. The monoisotopic (exact) mass is 789 g/mol. The first-order valence-electron chi connectivity index (χ1n) is 20.4. The number of hydrogen-bond acceptors (Lipinski definition) is 8. The van der Waals surface area contributed by atoms with Gasteiger partial charge in [0.1, 0.15) is 17.7 Å². The molecule has 0 spiro atoms. The number of benzene rings is 3. The number of methoxy groups -OCH3 is 2. The van der Waals surface area contributed by atoms with Crippen molar-refractivity contribution in [2.24, 2.45) is 29.6 Å². The zero-order valence-electron chi connectivity index (χ0n) is 34.7. The van der Waals surface area contributed by atoms with Gasteiger partial charge in [-0.25, -0.2) is 14.8 Å². The van der Waals surface area contributed by atoms with Crippen molar-refractivity contribution in [3.63, 3.8) is 0 Å². The molecule has 3 aromatic carbocycles. The van der Waals surface area contributed by atoms with Gasteiger partial charge in [0, 0.05) is 13.1 Å². The van der Waals surface area contributed by atoms with Crippen molar-refractivity contribution >= 4 is 45.9 Å². The molecule has 2 aliphatic heterocycles. The number of carbonyl (C=O) groups excluding carboxylic acids is 4. The normalized spacial score (nSPS) is 20.6. The van der Waals surface area contributed by atoms with Crippen LogP contribution in [0.3, 0.4) is 0 Å². The standard InChI is InChI=1S/C45H55N7O6/c1-24(2)32(23-37(53)57-7)43(54)51-19-17-26(5)39(51)41-46-33-15-13-30(21-35(33)48-41)28-9-11-29(12-10-28)31-14-16-34-36(22-31)49-42(47-34)40-27(6)18-20-52(40)44(55)38(25(3)4)50-45(56)58-8/h9-16,21-22,24-27,32,38-40H,17-20,23H2,1-8H3,(H,46,48)(H,47,49)(H,50,56)/t26-,27-,32-,38-,39-,40-/m0/s1. The minimum atomic E-state index is -0.703. The Labute approximate surface area is 339 Å². The summed E-state index contributed by atoms with van der Waals surface area (Å²) in [5.74, 6) is 0.759. The minimum absolute atomic E-state index is 0.00703. The van der Waals surface area contributed by atoms with E-state index >= 15 is 0 Å². The Morgan fingerprint density at radius 2 is 1.16 bits per heavy atom. The van der Waals surface area contributed by atoms with E-state index in [4.69, 9.17) is 19.4 Å². The number of carbonyl (C=O) groups is 4. The van der Waals surface area contributed by atoms with Gasteiger partial charge in [0.25, 0.3) is 0 Å². The number of nitrogens with one attached hydrogen (secondary N) is 3. The highest BCUT2D eigenvalue weighted by molar-refractivity contribution is 5.88. The van der Waals surface area contributed by atoms with Gasteiger partial charge in [0.2, 0.25) is 11.8 Å². The molecule has 58 heavy (non-hydrogen) atoms. The minimum Gasteiger partial charge on any atom is -0.469 e. The summed E-state index contributed by atoms with van der Waals surface area (Å²) in [6.07, 6.45) is 1.13. The summed E-state index contributed by atoms with van der Waals surface area (Å²) in [6, 6.07) is 19.6. The third kappa shape index (κ3) is 7.91. The number of aromatic amines is 2. The van der Waals surface area contributed by atoms with E-state index in [2.05, 4.69) is 77.7 Å². The summed E-state index contributed by atoms with van der Waals surface area (Å²) in [5.41, 5.74) is 7.63. The number of likely N-dealkylation sites (tertiary alicyclic amines) is 2. The number of aromatic nitrogens is 4. The molecule has 3 N–H and O–H groups in total. The third-order valence-electron chi connectivity index (χ3n) is 12.2. The average Bonchev–Trinajstić information content (AvgIpc) is 4.01. The van der Waals surface area contributed by atoms with Gasteiger partial charge in [0.05, 0.1) is 60.7 Å². The molecular weight excluding hydrogens is 735 g/mol. The molecule has 7 rings (SSSR count). The fourth-order valence-corrected chi connectivity index (χ4v) is 8.74. The van der Waals surface area contributed by atoms with Crippen LogP contribution >= 0.6 is 0 Å². The predicted molar refractivity (Wildman–Crippen MR) is 222 cm³/mol. The van der Waals surface area contributed by atoms with Gasteiger partial charge in [0.15, 0.2) is 0 Å². The molecule has 0 unspecified atom stereocenters. The Morgan fingerprint density at radius 1 is 0.690 bits per heavy atom. The second-order valence-electron chi connectivity index (χ2n) is 16.8. The van der Waals surface area contributed by atoms with Crippen LogP contribution in [0.4, 0.5) is 4.79 Å². The molecule has 13 nitrogen and oxygen atoms in total. The van der Waals surface area contributed by atoms with Crippen LogP contribution in [0, 0.1) is 29.6 Å². The molecule has 2 aliphatic rings. The maximum atomic E-state index is 13.8. The van der Waals surface area contributed by atoms with Gasteiger partial charge >= 0.3 is 12.1 Å². The molecule has 0 saturated carbocycles. The van der Waals surface area contributed by atoms with Crippen LogP contribution in [0.1, 0.15) is 84.5 Å². The van der Waals surface area contributed by atoms with Crippen molar-refractivity contribution in [1.29, 1.82) is 0 Å². The van der Waals surface area contributed by atoms with Crippen molar-refractivity contribution in [1.82, 2.24) is 35.1 Å². The number of amides is 3. The zero-order valence-corrected chi connectivity index (χ0v) is 34.7. The molecule has 0 aliphatic carbocycles. The molecule has 4 heterocycles. The number of H-pyrrole nitrogens is 2. The lowest BCUT2D eigenvalue weighted by molar-refractivity contribution is -0.148. The number of rotatable bonds is 11. The van der Waals surface area contributed by atoms with Crippen LogP contribution in [0.2, 0.25) is 0 Å². The fourth-order valence-electron chi connectivity index (χ4n) is 8.74. The van der Waals surface area contributed by atoms with E-state index in [1.165, 1.54) is 14.2 Å². The van der Waals surface area contributed by atoms with E-state index in [1.54, 1.807) is 0 Å². The molecule has 3 amide bonds. The smallest absolute Gasteiger partial charge is 0.407 e. The number of nitrogens with zero attached hydrogens (tertiary/aromatic N) is 4. The van der Waals surface area contributed by atoms with Crippen LogP contribution in [-0.4, -0.2) is 87.0 Å². The number of esters is 1. The van der Waals surface area contributed by atoms with Crippen LogP contribution in [0.5, 0.6) is 0 Å². The summed E-state index contributed by atoms with van der Waals surface area (Å²) >= 11 is 0. The summed E-state index contributed by atoms with van der Waals surface area (Å²) in [5, 5.41) is 2.72. The van der Waals surface area contributed by atoms with E-state index in [0.717, 1.165) is 68.8 Å². The van der Waals surface area contributed by atoms with Crippen molar-refractivity contribution in [2.75, 3.05) is 27.3 Å². The second-order valence-corrected chi connectivity index (χ2v) is 16.8. The number of ether oxygens (including phenoxy) is 2. The Bertz CT molecular complexity index is 2150. The fraction of sp³-hybridized carbons (Fsp3) is 0.467. The van der Waals surface area contributed by atoms with Crippen molar-refractivity contribution < 1.29 is 28.7 Å². The Balaban J connectivity index is 1.09. The summed E-state index contributed by atoms with van der Waals surface area (Å²) in [4.78, 5) is 72.5. The lowest BCUT2D eigenvalue weighted by atomic mass is 9.90. The van der Waals surface area contributed by atoms with Crippen molar-refractivity contribution in [3.05, 3.63) is 72.3 Å². The van der Waals surface area contributed by atoms with E-state index in [0.29, 0.717) is 13.1 Å². The maximum absolute atomic E-state index is 13.8. The number of alkyl carbamates (subject to hydrolysis) is 1. The van der Waals surface area contributed by atoms with Crippen LogP contribution < -0.4 is 5.32 Å². The molecule has 5 aromatic rings. The lowest BCUT2D eigenvalue weighted by Crippen LogP contribution is -2.51. The lowest BCUT2D eigenvalue weighted by Gasteiger charge is -2.31. The molecule has 0 bridgehead atoms. The first-order chi connectivity index (χ1) is 27.8. The Morgan fingerprint density at radius 3 is 1.59 bits per heavy atom. The summed E-state index contributed by atoms with van der Waals surface area (Å²) in [6.45, 7) is 13.2. The highest BCUT2D eigenvalue weighted by Crippen LogP contribution is 2.40. The molecule has 306 valence electrons. The van der Waals surface area contributed by atoms with Gasteiger partial charge in [-0.2, -0.15) is 0 Å². The van der Waals surface area contributed by atoms with E-state index in [1.807, 2.05) is 49.6 Å². The van der Waals surface area contributed by atoms with Crippen LogP contribution in [0.25, 0.3) is 44.3 Å². The quantitative estimate of drug-likeness (QED) is 0.114. The highest BCUT2D eigenvalue weighted by Gasteiger charge is 2.42. The van der Waals surface area contributed by atoms with E-state index < -0.39 is 18.1 Å². The van der Waals surface area contributed by atoms with Gasteiger partial charge in [-0.3, -0.25) is 14.4 Å². The number of fused-ring (bicyclic) bond motifs is 2. The molecule has 2 aromatic heterocycles. The van der Waals surface area contributed by atoms with Gasteiger partial charge in [-0.05, 0) is 83.0 Å². The van der Waals surface area contributed by atoms with Crippen LogP contribution in [0.15, 0.2) is 60.7 Å². The number of imidazole rings is 2. The summed E-state index contributed by atoms with van der Waals surface area (Å²) in [7, 11) is 2.65. The van der Waals surface area contributed by atoms with Gasteiger partial charge < -0.3 is 34.6 Å². The molecule has 6 atom stereocenters. The maximum Gasteiger partial charge on any atom is 0.407 e. The van der Waals surface area contributed by atoms with Crippen molar-refractivity contribution in [3.8, 4) is 22.3 Å². The summed E-state index contributed by atoms with van der Waals surface area (Å²) < 4.78 is 9.70. The SMILES string of the molecule is COC(=O)C[C@H](C(=O)N1CC[C@H](C)[C@H]1c1nc2ccc(-c3ccc(-c4ccc5nc([C@@H]6[C@@H](C)CCN6C(=O)[C@@H](NC(=O)OC)C(C)C)[nH]c5c4)cc3)cc2[nH]1)C(C)C. The van der Waals surface area contributed by atoms with Crippen molar-refractivity contribution in [2.45, 2.75) is 78.9 Å². The third-order valence-corrected chi connectivity index (χ3v) is 12.2. The van der Waals surface area contributed by atoms with Gasteiger partial charge in [-0.1, -0.05) is 77.9 Å². The second kappa shape index (κ2) is 16.6. The van der Waals surface area contributed by atoms with E-state index in [9.17, 15) is 19.2 Å². The van der Waals surface area contributed by atoms with E-state index in [-0.39, 0.29) is 60.0 Å². The van der Waals surface area contributed by atoms with Gasteiger partial charge in [-0.15, -0.1) is 0 Å². The molecule has 0 radical (unpaired) electrons. The van der Waals surface area contributed by atoms with Crippen LogP contribution in [-0.2, 0) is 23.9 Å².